The van der Waals surface area contributed by atoms with E-state index in [9.17, 15) is 9.90 Å². The van der Waals surface area contributed by atoms with Crippen LogP contribution >= 0.6 is 11.6 Å². The summed E-state index contributed by atoms with van der Waals surface area (Å²) in [6, 6.07) is 0.501. The van der Waals surface area contributed by atoms with Crippen LogP contribution in [0.15, 0.2) is 6.07 Å². The van der Waals surface area contributed by atoms with E-state index in [4.69, 9.17) is 21.1 Å². The number of nitrogens with one attached hydrogen (secondary N) is 2. The van der Waals surface area contributed by atoms with Crippen molar-refractivity contribution < 1.29 is 19.4 Å². The van der Waals surface area contributed by atoms with Gasteiger partial charge in [-0.2, -0.15) is 4.98 Å². The topological polar surface area (TPSA) is 106 Å². The van der Waals surface area contributed by atoms with Crippen LogP contribution in [0.25, 0.3) is 0 Å². The van der Waals surface area contributed by atoms with Crippen LogP contribution in [0.5, 0.6) is 5.88 Å². The summed E-state index contributed by atoms with van der Waals surface area (Å²) in [4.78, 5) is 20.8. The molecule has 0 spiro atoms. The van der Waals surface area contributed by atoms with Crippen LogP contribution in [0, 0.1) is 5.92 Å². The number of halogens is 1. The molecule has 1 aliphatic heterocycles. The number of hydrogen-bond donors (Lipinski definition) is 3. The van der Waals surface area contributed by atoms with E-state index < -0.39 is 18.4 Å². The molecule has 2 rings (SSSR count). The van der Waals surface area contributed by atoms with Gasteiger partial charge in [0, 0.05) is 6.07 Å². The van der Waals surface area contributed by atoms with Crippen molar-refractivity contribution in [1.82, 2.24) is 15.3 Å². The van der Waals surface area contributed by atoms with Crippen molar-refractivity contribution in [3.8, 4) is 5.88 Å². The van der Waals surface area contributed by atoms with E-state index in [1.165, 1.54) is 13.2 Å². The van der Waals surface area contributed by atoms with E-state index in [0.717, 1.165) is 0 Å². The van der Waals surface area contributed by atoms with Gasteiger partial charge >= 0.3 is 0 Å². The first-order valence-corrected chi connectivity index (χ1v) is 8.22. The minimum Gasteiger partial charge on any atom is -0.481 e. The molecule has 1 fully saturated rings. The van der Waals surface area contributed by atoms with Crippen LogP contribution in [0.2, 0.25) is 5.15 Å². The van der Waals surface area contributed by atoms with Gasteiger partial charge in [-0.05, 0) is 18.8 Å². The maximum Gasteiger partial charge on any atom is 0.242 e. The van der Waals surface area contributed by atoms with Gasteiger partial charge < -0.3 is 25.2 Å². The summed E-state index contributed by atoms with van der Waals surface area (Å²) in [6.45, 7) is 4.44. The fourth-order valence-corrected chi connectivity index (χ4v) is 2.60. The molecule has 1 aromatic heterocycles. The first kappa shape index (κ1) is 18.7. The highest BCUT2D eigenvalue weighted by molar-refractivity contribution is 6.29. The van der Waals surface area contributed by atoms with Crippen LogP contribution in [-0.4, -0.2) is 53.1 Å². The van der Waals surface area contributed by atoms with E-state index >= 15 is 0 Å². The molecule has 3 N–H and O–H groups in total. The number of anilines is 1. The lowest BCUT2D eigenvalue weighted by atomic mass is 10.0. The van der Waals surface area contributed by atoms with Crippen LogP contribution in [0.1, 0.15) is 26.7 Å². The molecule has 2 heterocycles. The Hall–Kier alpha value is -1.64. The normalized spacial score (nSPS) is 21.6. The van der Waals surface area contributed by atoms with Crippen molar-refractivity contribution in [3.05, 3.63) is 11.2 Å². The number of hydrogen-bond acceptors (Lipinski definition) is 7. The van der Waals surface area contributed by atoms with Crippen molar-refractivity contribution in [2.45, 2.75) is 45.1 Å². The maximum absolute atomic E-state index is 12.6. The number of ether oxygens (including phenoxy) is 2. The van der Waals surface area contributed by atoms with Crippen LogP contribution in [-0.2, 0) is 9.53 Å². The van der Waals surface area contributed by atoms with E-state index in [1.807, 2.05) is 13.8 Å². The van der Waals surface area contributed by atoms with Gasteiger partial charge in [-0.1, -0.05) is 25.4 Å². The quantitative estimate of drug-likeness (QED) is 0.628. The van der Waals surface area contributed by atoms with Crippen molar-refractivity contribution >= 4 is 23.5 Å². The average molecular weight is 359 g/mol. The molecule has 0 saturated carbocycles. The SMILES string of the molecule is COc1cc(Cl)nc(NC(CC(C)C)C(=O)NC2CCOC2O)n1. The lowest BCUT2D eigenvalue weighted by Gasteiger charge is -2.23. The molecule has 1 saturated heterocycles. The van der Waals surface area contributed by atoms with Gasteiger partial charge in [0.05, 0.1) is 19.8 Å². The Labute approximate surface area is 145 Å². The molecule has 0 aromatic carbocycles. The maximum atomic E-state index is 12.6. The second kappa shape index (κ2) is 8.46. The number of aliphatic hydroxyl groups excluding tert-OH is 1. The Morgan fingerprint density at radius 2 is 2.29 bits per heavy atom. The summed E-state index contributed by atoms with van der Waals surface area (Å²) >= 11 is 5.93. The molecule has 8 nitrogen and oxygen atoms in total. The monoisotopic (exact) mass is 358 g/mol. The Bertz CT molecular complexity index is 572. The van der Waals surface area contributed by atoms with Gasteiger partial charge in [-0.25, -0.2) is 4.98 Å². The molecule has 3 unspecified atom stereocenters. The Balaban J connectivity index is 2.09. The summed E-state index contributed by atoms with van der Waals surface area (Å²) < 4.78 is 10.1. The summed E-state index contributed by atoms with van der Waals surface area (Å²) in [5, 5.41) is 15.7. The standard InChI is InChI=1S/C15H23ClN4O4/c1-8(2)6-10(13(21)17-9-4-5-24-14(9)22)18-15-19-11(16)7-12(20-15)23-3/h7-10,14,22H,4-6H2,1-3H3,(H,17,21)(H,18,19,20). The molecule has 134 valence electrons. The molecule has 1 amide bonds. The minimum absolute atomic E-state index is 0.211. The third-order valence-electron chi connectivity index (χ3n) is 3.60. The molecule has 1 aliphatic rings. The van der Waals surface area contributed by atoms with Crippen LogP contribution in [0.4, 0.5) is 5.95 Å². The molecule has 0 aliphatic carbocycles. The molecule has 0 radical (unpaired) electrons. The fraction of sp³-hybridized carbons (Fsp3) is 0.667. The second-order valence-electron chi connectivity index (χ2n) is 6.05. The number of rotatable bonds is 7. The van der Waals surface area contributed by atoms with Crippen LogP contribution < -0.4 is 15.4 Å². The van der Waals surface area contributed by atoms with E-state index in [-0.39, 0.29) is 22.9 Å². The minimum atomic E-state index is -0.976. The molecule has 3 atom stereocenters. The van der Waals surface area contributed by atoms with E-state index in [1.54, 1.807) is 0 Å². The molecular weight excluding hydrogens is 336 g/mol. The van der Waals surface area contributed by atoms with Gasteiger partial charge in [0.2, 0.25) is 17.7 Å². The molecule has 24 heavy (non-hydrogen) atoms. The number of nitrogens with zero attached hydrogens (tertiary/aromatic N) is 2. The highest BCUT2D eigenvalue weighted by atomic mass is 35.5. The summed E-state index contributed by atoms with van der Waals surface area (Å²) in [6.07, 6.45) is 0.160. The predicted octanol–water partition coefficient (Wildman–Crippen LogP) is 1.19. The van der Waals surface area contributed by atoms with Crippen molar-refractivity contribution in [2.24, 2.45) is 5.92 Å². The molecule has 0 bridgehead atoms. The van der Waals surface area contributed by atoms with Gasteiger partial charge in [0.15, 0.2) is 6.29 Å². The first-order chi connectivity index (χ1) is 11.4. The van der Waals surface area contributed by atoms with Gasteiger partial charge in [-0.15, -0.1) is 0 Å². The van der Waals surface area contributed by atoms with Gasteiger partial charge in [-0.3, -0.25) is 4.79 Å². The lowest BCUT2D eigenvalue weighted by molar-refractivity contribution is -0.126. The Morgan fingerprint density at radius 1 is 1.54 bits per heavy atom. The molecule has 1 aromatic rings. The number of carbonyl (C=O) groups excluding carboxylic acids is 1. The smallest absolute Gasteiger partial charge is 0.242 e. The number of carbonyl (C=O) groups is 1. The van der Waals surface area contributed by atoms with Crippen molar-refractivity contribution in [2.75, 3.05) is 19.0 Å². The highest BCUT2D eigenvalue weighted by Gasteiger charge is 2.30. The zero-order valence-electron chi connectivity index (χ0n) is 14.0. The predicted molar refractivity (Wildman–Crippen MR) is 89.0 cm³/mol. The van der Waals surface area contributed by atoms with Gasteiger partial charge in [0.25, 0.3) is 0 Å². The number of amides is 1. The average Bonchev–Trinajstić information content (AvgIpc) is 2.90. The summed E-state index contributed by atoms with van der Waals surface area (Å²) in [7, 11) is 1.47. The summed E-state index contributed by atoms with van der Waals surface area (Å²) in [5.74, 6) is 0.532. The fourth-order valence-electron chi connectivity index (χ4n) is 2.43. The van der Waals surface area contributed by atoms with E-state index in [0.29, 0.717) is 25.3 Å². The molecular formula is C15H23ClN4O4. The third kappa shape index (κ3) is 5.19. The Morgan fingerprint density at radius 3 is 2.88 bits per heavy atom. The van der Waals surface area contributed by atoms with E-state index in [2.05, 4.69) is 20.6 Å². The lowest BCUT2D eigenvalue weighted by Crippen LogP contribution is -2.48. The zero-order valence-corrected chi connectivity index (χ0v) is 14.7. The number of aliphatic hydroxyl groups is 1. The number of methoxy groups -OCH3 is 1. The first-order valence-electron chi connectivity index (χ1n) is 7.84. The largest absolute Gasteiger partial charge is 0.481 e. The van der Waals surface area contributed by atoms with Gasteiger partial charge in [0.1, 0.15) is 11.2 Å². The second-order valence-corrected chi connectivity index (χ2v) is 6.44. The van der Waals surface area contributed by atoms with Crippen LogP contribution in [0.3, 0.4) is 0 Å². The van der Waals surface area contributed by atoms with Crippen molar-refractivity contribution in [1.29, 1.82) is 0 Å². The highest BCUT2D eigenvalue weighted by Crippen LogP contribution is 2.18. The number of aromatic nitrogens is 2. The molecule has 9 heteroatoms. The third-order valence-corrected chi connectivity index (χ3v) is 3.79. The zero-order chi connectivity index (χ0) is 17.7. The summed E-state index contributed by atoms with van der Waals surface area (Å²) in [5.41, 5.74) is 0. The van der Waals surface area contributed by atoms with Crippen molar-refractivity contribution in [3.63, 3.8) is 0 Å². The Kier molecular flexibility index (Phi) is 6.59.